The zero-order chi connectivity index (χ0) is 15.6. The maximum atomic E-state index is 4.34. The number of rotatable bonds is 3. The summed E-state index contributed by atoms with van der Waals surface area (Å²) in [7, 11) is 0. The lowest BCUT2D eigenvalue weighted by atomic mass is 10.1. The minimum Gasteiger partial charge on any atom is -0.352 e. The first-order valence-electron chi connectivity index (χ1n) is 8.11. The van der Waals surface area contributed by atoms with E-state index in [1.807, 2.05) is 19.1 Å². The summed E-state index contributed by atoms with van der Waals surface area (Å²) in [5.74, 6) is 1.83. The molecule has 0 unspecified atom stereocenters. The van der Waals surface area contributed by atoms with Gasteiger partial charge in [-0.3, -0.25) is 4.90 Å². The molecule has 2 aromatic heterocycles. The highest BCUT2D eigenvalue weighted by Gasteiger charge is 2.34. The summed E-state index contributed by atoms with van der Waals surface area (Å²) in [4.78, 5) is 15.8. The number of hydrogen-bond acceptors (Lipinski definition) is 7. The molecular formula is C16H21N7. The molecule has 0 aromatic carbocycles. The molecule has 4 heterocycles. The fourth-order valence-electron chi connectivity index (χ4n) is 3.18. The van der Waals surface area contributed by atoms with Gasteiger partial charge in [0, 0.05) is 57.7 Å². The van der Waals surface area contributed by atoms with E-state index in [9.17, 15) is 0 Å². The van der Waals surface area contributed by atoms with Crippen LogP contribution in [0.15, 0.2) is 30.6 Å². The maximum Gasteiger partial charge on any atom is 0.225 e. The lowest BCUT2D eigenvalue weighted by molar-refractivity contribution is 0.156. The smallest absolute Gasteiger partial charge is 0.225 e. The molecule has 0 N–H and O–H groups in total. The van der Waals surface area contributed by atoms with Gasteiger partial charge in [-0.15, -0.1) is 5.10 Å². The molecule has 2 aliphatic rings. The van der Waals surface area contributed by atoms with Crippen LogP contribution in [0.25, 0.3) is 0 Å². The van der Waals surface area contributed by atoms with Crippen LogP contribution in [0.3, 0.4) is 0 Å². The highest BCUT2D eigenvalue weighted by Crippen LogP contribution is 2.22. The van der Waals surface area contributed by atoms with E-state index >= 15 is 0 Å². The second kappa shape index (κ2) is 6.08. The number of aryl methyl sites for hydroxylation is 1. The van der Waals surface area contributed by atoms with Crippen LogP contribution < -0.4 is 9.80 Å². The van der Waals surface area contributed by atoms with Crippen LogP contribution >= 0.6 is 0 Å². The molecule has 4 rings (SSSR count). The first-order chi connectivity index (χ1) is 11.3. The standard InChI is InChI=1S/C16H21N7/c1-13-3-4-15(20-19-13)23-11-14(12-23)21-7-9-22(10-8-21)16-17-5-2-6-18-16/h2-6,14H,7-12H2,1H3. The van der Waals surface area contributed by atoms with Crippen molar-refractivity contribution in [3.63, 3.8) is 0 Å². The Balaban J connectivity index is 1.28. The van der Waals surface area contributed by atoms with E-state index in [1.54, 1.807) is 12.4 Å². The lowest BCUT2D eigenvalue weighted by Crippen LogP contribution is -2.63. The van der Waals surface area contributed by atoms with E-state index in [0.717, 1.165) is 56.7 Å². The lowest BCUT2D eigenvalue weighted by Gasteiger charge is -2.48. The minimum absolute atomic E-state index is 0.622. The molecule has 0 atom stereocenters. The Hall–Kier alpha value is -2.28. The third-order valence-corrected chi connectivity index (χ3v) is 4.64. The molecule has 0 amide bonds. The van der Waals surface area contributed by atoms with Crippen LogP contribution in [0.1, 0.15) is 5.69 Å². The molecule has 0 bridgehead atoms. The van der Waals surface area contributed by atoms with Crippen LogP contribution in [0.2, 0.25) is 0 Å². The predicted octanol–water partition coefficient (Wildman–Crippen LogP) is 0.586. The minimum atomic E-state index is 0.622. The Morgan fingerprint density at radius 2 is 1.65 bits per heavy atom. The van der Waals surface area contributed by atoms with Gasteiger partial charge in [0.15, 0.2) is 5.82 Å². The Kier molecular flexibility index (Phi) is 3.78. The largest absolute Gasteiger partial charge is 0.352 e. The second-order valence-corrected chi connectivity index (χ2v) is 6.16. The molecule has 120 valence electrons. The topological polar surface area (TPSA) is 61.3 Å². The van der Waals surface area contributed by atoms with Crippen molar-refractivity contribution in [3.8, 4) is 0 Å². The van der Waals surface area contributed by atoms with E-state index < -0.39 is 0 Å². The zero-order valence-electron chi connectivity index (χ0n) is 13.3. The zero-order valence-corrected chi connectivity index (χ0v) is 13.3. The van der Waals surface area contributed by atoms with Crippen molar-refractivity contribution in [2.45, 2.75) is 13.0 Å². The molecule has 2 fully saturated rings. The van der Waals surface area contributed by atoms with E-state index in [0.29, 0.717) is 6.04 Å². The van der Waals surface area contributed by atoms with Crippen LogP contribution in [0.5, 0.6) is 0 Å². The molecule has 7 nitrogen and oxygen atoms in total. The average Bonchev–Trinajstić information content (AvgIpc) is 2.57. The van der Waals surface area contributed by atoms with Crippen molar-refractivity contribution in [3.05, 3.63) is 36.3 Å². The molecule has 2 aliphatic heterocycles. The van der Waals surface area contributed by atoms with Gasteiger partial charge in [-0.2, -0.15) is 5.10 Å². The fourth-order valence-corrected chi connectivity index (χ4v) is 3.18. The van der Waals surface area contributed by atoms with Gasteiger partial charge in [-0.25, -0.2) is 9.97 Å². The van der Waals surface area contributed by atoms with Crippen LogP contribution in [0.4, 0.5) is 11.8 Å². The predicted molar refractivity (Wildman–Crippen MR) is 88.6 cm³/mol. The van der Waals surface area contributed by atoms with Crippen molar-refractivity contribution in [2.24, 2.45) is 0 Å². The van der Waals surface area contributed by atoms with Gasteiger partial charge < -0.3 is 9.80 Å². The molecule has 0 aliphatic carbocycles. The van der Waals surface area contributed by atoms with Crippen molar-refractivity contribution in [1.29, 1.82) is 0 Å². The monoisotopic (exact) mass is 311 g/mol. The van der Waals surface area contributed by atoms with Gasteiger partial charge in [0.25, 0.3) is 0 Å². The van der Waals surface area contributed by atoms with Gasteiger partial charge in [0.2, 0.25) is 5.95 Å². The molecule has 2 aromatic rings. The van der Waals surface area contributed by atoms with E-state index in [4.69, 9.17) is 0 Å². The second-order valence-electron chi connectivity index (χ2n) is 6.16. The third kappa shape index (κ3) is 2.96. The fraction of sp³-hybridized carbons (Fsp3) is 0.500. The molecule has 0 radical (unpaired) electrons. The summed E-state index contributed by atoms with van der Waals surface area (Å²) in [5.41, 5.74) is 0.963. The van der Waals surface area contributed by atoms with Crippen LogP contribution in [0, 0.1) is 6.92 Å². The molecule has 7 heteroatoms. The van der Waals surface area contributed by atoms with Crippen molar-refractivity contribution >= 4 is 11.8 Å². The quantitative estimate of drug-likeness (QED) is 0.822. The summed E-state index contributed by atoms with van der Waals surface area (Å²) in [6.45, 7) is 8.16. The van der Waals surface area contributed by atoms with Gasteiger partial charge in [0.05, 0.1) is 5.69 Å². The maximum absolute atomic E-state index is 4.34. The van der Waals surface area contributed by atoms with Crippen molar-refractivity contribution < 1.29 is 0 Å². The molecule has 23 heavy (non-hydrogen) atoms. The van der Waals surface area contributed by atoms with Crippen molar-refractivity contribution in [2.75, 3.05) is 49.1 Å². The molecule has 2 saturated heterocycles. The van der Waals surface area contributed by atoms with Gasteiger partial charge in [-0.05, 0) is 25.1 Å². The summed E-state index contributed by atoms with van der Waals surface area (Å²) in [5, 5.41) is 8.40. The van der Waals surface area contributed by atoms with E-state index in [1.165, 1.54) is 0 Å². The first kappa shape index (κ1) is 14.3. The van der Waals surface area contributed by atoms with Crippen molar-refractivity contribution in [1.82, 2.24) is 25.1 Å². The number of aromatic nitrogens is 4. The Bertz CT molecular complexity index is 631. The van der Waals surface area contributed by atoms with Gasteiger partial charge >= 0.3 is 0 Å². The summed E-state index contributed by atoms with van der Waals surface area (Å²) in [6, 6.07) is 6.56. The number of piperazine rings is 1. The van der Waals surface area contributed by atoms with Crippen LogP contribution in [-0.2, 0) is 0 Å². The summed E-state index contributed by atoms with van der Waals surface area (Å²) < 4.78 is 0. The highest BCUT2D eigenvalue weighted by molar-refractivity contribution is 5.41. The highest BCUT2D eigenvalue weighted by atomic mass is 15.4. The molecule has 0 spiro atoms. The van der Waals surface area contributed by atoms with E-state index in [-0.39, 0.29) is 0 Å². The summed E-state index contributed by atoms with van der Waals surface area (Å²) >= 11 is 0. The SMILES string of the molecule is Cc1ccc(N2CC(N3CCN(c4ncccn4)CC3)C2)nn1. The normalized spacial score (nSPS) is 19.7. The number of hydrogen-bond donors (Lipinski definition) is 0. The van der Waals surface area contributed by atoms with E-state index in [2.05, 4.69) is 40.9 Å². The Morgan fingerprint density at radius 1 is 0.913 bits per heavy atom. The number of anilines is 2. The summed E-state index contributed by atoms with van der Waals surface area (Å²) in [6.07, 6.45) is 3.61. The van der Waals surface area contributed by atoms with Crippen LogP contribution in [-0.4, -0.2) is 70.4 Å². The Labute approximate surface area is 136 Å². The number of nitrogens with zero attached hydrogens (tertiary/aromatic N) is 7. The van der Waals surface area contributed by atoms with Gasteiger partial charge in [-0.1, -0.05) is 0 Å². The van der Waals surface area contributed by atoms with Gasteiger partial charge in [0.1, 0.15) is 0 Å². The molecule has 0 saturated carbocycles. The average molecular weight is 311 g/mol. The Morgan fingerprint density at radius 3 is 2.30 bits per heavy atom. The molecular weight excluding hydrogens is 290 g/mol. The third-order valence-electron chi connectivity index (χ3n) is 4.64. The first-order valence-corrected chi connectivity index (χ1v) is 8.11.